The molecule has 0 saturated carbocycles. The van der Waals surface area contributed by atoms with E-state index < -0.39 is 42.1 Å². The fourth-order valence-electron chi connectivity index (χ4n) is 2.62. The van der Waals surface area contributed by atoms with Crippen LogP contribution in [0.5, 0.6) is 0 Å². The van der Waals surface area contributed by atoms with Crippen molar-refractivity contribution in [3.8, 4) is 0 Å². The van der Waals surface area contributed by atoms with Crippen molar-refractivity contribution in [1.29, 1.82) is 0 Å². The van der Waals surface area contributed by atoms with E-state index in [9.17, 15) is 29.1 Å². The van der Waals surface area contributed by atoms with E-state index in [1.807, 2.05) is 0 Å². The zero-order valence-corrected chi connectivity index (χ0v) is 17.3. The quantitative estimate of drug-likeness (QED) is 0.0944. The summed E-state index contributed by atoms with van der Waals surface area (Å²) in [5.74, 6) is -4.28. The molecule has 0 aromatic heterocycles. The number of hydrogen-bond acceptors (Lipinski definition) is 8. The number of aliphatic carboxylic acids is 3. The predicted octanol–water partition coefficient (Wildman–Crippen LogP) is 0.631. The summed E-state index contributed by atoms with van der Waals surface area (Å²) in [5.41, 5.74) is 0.236. The summed E-state index contributed by atoms with van der Waals surface area (Å²) in [5, 5.41) is 34.6. The van der Waals surface area contributed by atoms with Gasteiger partial charge in [0, 0.05) is 19.6 Å². The van der Waals surface area contributed by atoms with Crippen LogP contribution in [0.3, 0.4) is 0 Å². The van der Waals surface area contributed by atoms with Crippen LogP contribution >= 0.6 is 0 Å². The fraction of sp³-hybridized carbons (Fsp3) is 0.450. The molecule has 12 nitrogen and oxygen atoms in total. The smallest absolute Gasteiger partial charge is 0.415 e. The van der Waals surface area contributed by atoms with E-state index in [4.69, 9.17) is 10.2 Å². The van der Waals surface area contributed by atoms with Crippen molar-refractivity contribution in [2.75, 3.05) is 13.2 Å². The number of carbonyl (C=O) groups is 5. The molecule has 1 aromatic rings. The summed E-state index contributed by atoms with van der Waals surface area (Å²) in [6, 6.07) is 5.91. The summed E-state index contributed by atoms with van der Waals surface area (Å²) >= 11 is 0. The minimum atomic E-state index is -1.23. The summed E-state index contributed by atoms with van der Waals surface area (Å²) in [6.45, 7) is 0.0293. The van der Waals surface area contributed by atoms with Crippen LogP contribution in [0.4, 0.5) is 4.79 Å². The summed E-state index contributed by atoms with van der Waals surface area (Å²) in [6.07, 6.45) is -0.347. The number of esters is 1. The molecular formula is C20H27N3O9. The topological polar surface area (TPSA) is 191 Å². The predicted molar refractivity (Wildman–Crippen MR) is 110 cm³/mol. The van der Waals surface area contributed by atoms with Gasteiger partial charge < -0.3 is 25.4 Å². The molecule has 0 aliphatic carbocycles. The van der Waals surface area contributed by atoms with E-state index >= 15 is 0 Å². The molecule has 1 rings (SSSR count). The lowest BCUT2D eigenvalue weighted by molar-refractivity contribution is -0.141. The van der Waals surface area contributed by atoms with Gasteiger partial charge in [0.1, 0.15) is 12.1 Å². The normalized spacial score (nSPS) is 12.4. The van der Waals surface area contributed by atoms with Gasteiger partial charge in [-0.3, -0.25) is 25.0 Å². The van der Waals surface area contributed by atoms with E-state index in [0.717, 1.165) is 0 Å². The van der Waals surface area contributed by atoms with E-state index in [2.05, 4.69) is 20.7 Å². The van der Waals surface area contributed by atoms with E-state index in [1.54, 1.807) is 18.2 Å². The largest absolute Gasteiger partial charge is 0.481 e. The number of hydrogen-bond donors (Lipinski definition) is 6. The molecule has 1 aromatic carbocycles. The van der Waals surface area contributed by atoms with Gasteiger partial charge >= 0.3 is 30.0 Å². The van der Waals surface area contributed by atoms with Gasteiger partial charge in [0.15, 0.2) is 0 Å². The number of carboxylic acids is 3. The van der Waals surface area contributed by atoms with Crippen molar-refractivity contribution >= 4 is 30.0 Å². The van der Waals surface area contributed by atoms with Crippen LogP contribution in [0, 0.1) is 0 Å². The molecule has 0 aliphatic heterocycles. The summed E-state index contributed by atoms with van der Waals surface area (Å²) in [7, 11) is 0. The maximum absolute atomic E-state index is 11.7. The lowest BCUT2D eigenvalue weighted by atomic mass is 10.1. The minimum Gasteiger partial charge on any atom is -0.481 e. The second kappa shape index (κ2) is 14.5. The molecule has 0 spiro atoms. The van der Waals surface area contributed by atoms with Gasteiger partial charge in [-0.1, -0.05) is 18.2 Å². The standard InChI is InChI=1S/C20H27N3O9/c24-16(25)10-9-15(18(28)29)23-12-22-14(17(26)27)8-4-5-11-21-20(31)32-19(30)13-6-2-1-3-7-13/h1-3,6-7,14-15,22-23H,4-5,8-12H2,(H,21,31)(H,24,25)(H,26,27)(H,28,29)/t14-,15-/m0/s1. The molecular weight excluding hydrogens is 426 g/mol. The highest BCUT2D eigenvalue weighted by molar-refractivity contribution is 5.96. The average Bonchev–Trinajstić information content (AvgIpc) is 2.74. The van der Waals surface area contributed by atoms with Gasteiger partial charge in [0.05, 0.1) is 5.56 Å². The molecule has 12 heteroatoms. The Labute approximate surface area is 183 Å². The van der Waals surface area contributed by atoms with Crippen molar-refractivity contribution in [3.63, 3.8) is 0 Å². The molecule has 0 aliphatic rings. The Bertz CT molecular complexity index is 786. The third-order valence-corrected chi connectivity index (χ3v) is 4.32. The zero-order valence-electron chi connectivity index (χ0n) is 17.3. The highest BCUT2D eigenvalue weighted by Crippen LogP contribution is 2.03. The Balaban J connectivity index is 2.27. The molecule has 0 heterocycles. The van der Waals surface area contributed by atoms with Gasteiger partial charge in [0.25, 0.3) is 0 Å². The molecule has 1 amide bonds. The van der Waals surface area contributed by atoms with Crippen LogP contribution in [-0.4, -0.2) is 70.6 Å². The fourth-order valence-corrected chi connectivity index (χ4v) is 2.62. The van der Waals surface area contributed by atoms with Gasteiger partial charge in [0.2, 0.25) is 0 Å². The molecule has 0 radical (unpaired) electrons. The first kappa shape index (κ1) is 26.5. The van der Waals surface area contributed by atoms with Gasteiger partial charge in [-0.05, 0) is 37.8 Å². The number of carbonyl (C=O) groups excluding carboxylic acids is 2. The monoisotopic (exact) mass is 453 g/mol. The van der Waals surface area contributed by atoms with Crippen LogP contribution in [0.25, 0.3) is 0 Å². The van der Waals surface area contributed by atoms with E-state index in [-0.39, 0.29) is 38.0 Å². The third kappa shape index (κ3) is 11.0. The third-order valence-electron chi connectivity index (χ3n) is 4.32. The summed E-state index contributed by atoms with van der Waals surface area (Å²) in [4.78, 5) is 56.4. The number of unbranched alkanes of at least 4 members (excludes halogenated alkanes) is 1. The maximum Gasteiger partial charge on any atom is 0.415 e. The number of carboxylic acid groups (broad SMARTS) is 3. The van der Waals surface area contributed by atoms with Gasteiger partial charge in [-0.25, -0.2) is 9.59 Å². The zero-order chi connectivity index (χ0) is 23.9. The first-order valence-corrected chi connectivity index (χ1v) is 9.90. The molecule has 0 unspecified atom stereocenters. The number of ether oxygens (including phenoxy) is 1. The number of rotatable bonds is 15. The van der Waals surface area contributed by atoms with Crippen molar-refractivity contribution < 1.29 is 44.0 Å². The van der Waals surface area contributed by atoms with Crippen molar-refractivity contribution in [3.05, 3.63) is 35.9 Å². The Hall–Kier alpha value is -3.51. The molecule has 0 bridgehead atoms. The van der Waals surface area contributed by atoms with Crippen LogP contribution < -0.4 is 16.0 Å². The second-order valence-corrected chi connectivity index (χ2v) is 6.76. The van der Waals surface area contributed by atoms with Crippen LogP contribution in [0.1, 0.15) is 42.5 Å². The average molecular weight is 453 g/mol. The molecule has 176 valence electrons. The highest BCUT2D eigenvalue weighted by Gasteiger charge is 2.20. The first-order chi connectivity index (χ1) is 15.2. The van der Waals surface area contributed by atoms with Crippen LogP contribution in [0.15, 0.2) is 30.3 Å². The van der Waals surface area contributed by atoms with Crippen molar-refractivity contribution in [1.82, 2.24) is 16.0 Å². The molecule has 6 N–H and O–H groups in total. The highest BCUT2D eigenvalue weighted by atomic mass is 16.6. The Kier molecular flexibility index (Phi) is 12.0. The lowest BCUT2D eigenvalue weighted by Gasteiger charge is -2.18. The SMILES string of the molecule is O=C(O)CC[C@H](NCN[C@@H](CCCCNC(=O)OC(=O)c1ccccc1)C(=O)O)C(=O)O. The lowest BCUT2D eigenvalue weighted by Crippen LogP contribution is -2.47. The molecule has 0 saturated heterocycles. The molecule has 32 heavy (non-hydrogen) atoms. The number of benzene rings is 1. The van der Waals surface area contributed by atoms with Crippen LogP contribution in [-0.2, 0) is 19.1 Å². The minimum absolute atomic E-state index is 0.139. The molecule has 2 atom stereocenters. The maximum atomic E-state index is 11.7. The summed E-state index contributed by atoms with van der Waals surface area (Å²) < 4.78 is 4.64. The number of nitrogens with one attached hydrogen (secondary N) is 3. The van der Waals surface area contributed by atoms with E-state index in [0.29, 0.717) is 12.8 Å². The second-order valence-electron chi connectivity index (χ2n) is 6.76. The number of amides is 1. The molecule has 0 fully saturated rings. The van der Waals surface area contributed by atoms with E-state index in [1.165, 1.54) is 12.1 Å². The first-order valence-electron chi connectivity index (χ1n) is 9.90. The van der Waals surface area contributed by atoms with Gasteiger partial charge in [-0.2, -0.15) is 0 Å². The Morgan fingerprint density at radius 3 is 2.00 bits per heavy atom. The van der Waals surface area contributed by atoms with Crippen molar-refractivity contribution in [2.45, 2.75) is 44.2 Å². The Morgan fingerprint density at radius 1 is 0.844 bits per heavy atom. The van der Waals surface area contributed by atoms with Crippen molar-refractivity contribution in [2.24, 2.45) is 0 Å². The van der Waals surface area contributed by atoms with Gasteiger partial charge in [-0.15, -0.1) is 0 Å². The van der Waals surface area contributed by atoms with Crippen LogP contribution in [0.2, 0.25) is 0 Å². The Morgan fingerprint density at radius 2 is 1.44 bits per heavy atom. The number of alkyl carbamates (subject to hydrolysis) is 1.